The van der Waals surface area contributed by atoms with Crippen LogP contribution < -0.4 is 14.8 Å². The predicted octanol–water partition coefficient (Wildman–Crippen LogP) is 5.59. The third kappa shape index (κ3) is 5.81. The highest BCUT2D eigenvalue weighted by Gasteiger charge is 2.17. The van der Waals surface area contributed by atoms with Crippen LogP contribution in [-0.2, 0) is 14.8 Å². The number of hydrogen-bond acceptors (Lipinski definition) is 4. The van der Waals surface area contributed by atoms with E-state index < -0.39 is 10.0 Å². The maximum atomic E-state index is 12.6. The molecule has 168 valence electrons. The highest BCUT2D eigenvalue weighted by atomic mass is 35.5. The lowest BCUT2D eigenvalue weighted by atomic mass is 9.98. The molecule has 0 atom stereocenters. The molecule has 6 nitrogen and oxygen atoms in total. The zero-order valence-corrected chi connectivity index (χ0v) is 19.6. The van der Waals surface area contributed by atoms with Crippen LogP contribution in [0.3, 0.4) is 0 Å². The Morgan fingerprint density at radius 1 is 1.03 bits per heavy atom. The molecule has 3 aromatic rings. The molecule has 0 bridgehead atoms. The normalized spacial score (nSPS) is 11.3. The van der Waals surface area contributed by atoms with Gasteiger partial charge in [0, 0.05) is 11.4 Å². The number of hydrogen-bond donors (Lipinski definition) is 2. The molecule has 32 heavy (non-hydrogen) atoms. The molecular weight excluding hydrogens is 448 g/mol. The molecule has 0 aliphatic carbocycles. The van der Waals surface area contributed by atoms with Gasteiger partial charge in [-0.25, -0.2) is 8.42 Å². The maximum absolute atomic E-state index is 12.6. The number of carbonyl (C=O) groups is 1. The van der Waals surface area contributed by atoms with E-state index in [0.717, 1.165) is 16.8 Å². The van der Waals surface area contributed by atoms with E-state index in [1.165, 1.54) is 18.2 Å². The number of para-hydroxylation sites is 2. The van der Waals surface area contributed by atoms with Gasteiger partial charge in [-0.05, 0) is 54.3 Å². The highest BCUT2D eigenvalue weighted by molar-refractivity contribution is 7.92. The molecule has 0 heterocycles. The molecule has 0 radical (unpaired) electrons. The minimum Gasteiger partial charge on any atom is -0.482 e. The standard InChI is InChI=1S/C24H25ClN2O4S/c1-16(2)20-11-7-8-17(3)24(20)26-23(28)15-31-22-13-12-19(14-21(22)25)32(29,30)27-18-9-5-4-6-10-18/h4-14,16,27H,15H2,1-3H3,(H,26,28). The van der Waals surface area contributed by atoms with Crippen LogP contribution in [0.1, 0.15) is 30.9 Å². The summed E-state index contributed by atoms with van der Waals surface area (Å²) in [7, 11) is -3.81. The number of aryl methyl sites for hydroxylation is 1. The Morgan fingerprint density at radius 2 is 1.75 bits per heavy atom. The van der Waals surface area contributed by atoms with Gasteiger partial charge in [-0.3, -0.25) is 9.52 Å². The third-order valence-corrected chi connectivity index (χ3v) is 6.46. The van der Waals surface area contributed by atoms with Crippen molar-refractivity contribution in [2.75, 3.05) is 16.6 Å². The van der Waals surface area contributed by atoms with Gasteiger partial charge in [0.15, 0.2) is 6.61 Å². The number of carbonyl (C=O) groups excluding carboxylic acids is 1. The van der Waals surface area contributed by atoms with Gasteiger partial charge >= 0.3 is 0 Å². The first-order valence-corrected chi connectivity index (χ1v) is 11.9. The van der Waals surface area contributed by atoms with Gasteiger partial charge < -0.3 is 10.1 Å². The van der Waals surface area contributed by atoms with Gasteiger partial charge in [0.25, 0.3) is 15.9 Å². The van der Waals surface area contributed by atoms with E-state index in [1.54, 1.807) is 30.3 Å². The molecule has 3 aromatic carbocycles. The molecule has 1 amide bonds. The summed E-state index contributed by atoms with van der Waals surface area (Å²) in [5.41, 5.74) is 3.22. The summed E-state index contributed by atoms with van der Waals surface area (Å²) in [5.74, 6) is 0.133. The van der Waals surface area contributed by atoms with Crippen molar-refractivity contribution in [2.24, 2.45) is 0 Å². The molecule has 0 unspecified atom stereocenters. The summed E-state index contributed by atoms with van der Waals surface area (Å²) in [4.78, 5) is 12.5. The molecule has 8 heteroatoms. The van der Waals surface area contributed by atoms with Gasteiger partial charge in [0.05, 0.1) is 9.92 Å². The first kappa shape index (κ1) is 23.6. The van der Waals surface area contributed by atoms with Crippen LogP contribution in [0, 0.1) is 6.92 Å². The molecule has 2 N–H and O–H groups in total. The van der Waals surface area contributed by atoms with Crippen molar-refractivity contribution in [2.45, 2.75) is 31.6 Å². The Labute approximate surface area is 193 Å². The van der Waals surface area contributed by atoms with Crippen molar-refractivity contribution in [3.63, 3.8) is 0 Å². The minimum atomic E-state index is -3.81. The van der Waals surface area contributed by atoms with Crippen molar-refractivity contribution in [3.8, 4) is 5.75 Å². The van der Waals surface area contributed by atoms with Crippen molar-refractivity contribution in [1.29, 1.82) is 0 Å². The van der Waals surface area contributed by atoms with Crippen LogP contribution in [0.4, 0.5) is 11.4 Å². The Bertz CT molecular complexity index is 1210. The zero-order chi connectivity index (χ0) is 23.3. The van der Waals surface area contributed by atoms with E-state index in [-0.39, 0.29) is 34.1 Å². The molecule has 0 aromatic heterocycles. The second-order valence-electron chi connectivity index (χ2n) is 7.59. The van der Waals surface area contributed by atoms with E-state index in [0.29, 0.717) is 5.69 Å². The van der Waals surface area contributed by atoms with Gasteiger partial charge in [-0.1, -0.05) is 61.8 Å². The average molecular weight is 473 g/mol. The lowest BCUT2D eigenvalue weighted by molar-refractivity contribution is -0.118. The summed E-state index contributed by atoms with van der Waals surface area (Å²) >= 11 is 6.23. The fourth-order valence-corrected chi connectivity index (χ4v) is 4.53. The Balaban J connectivity index is 1.67. The van der Waals surface area contributed by atoms with E-state index in [2.05, 4.69) is 23.9 Å². The van der Waals surface area contributed by atoms with Gasteiger partial charge in [-0.15, -0.1) is 0 Å². The quantitative estimate of drug-likeness (QED) is 0.447. The minimum absolute atomic E-state index is 0.00959. The van der Waals surface area contributed by atoms with Crippen LogP contribution in [0.2, 0.25) is 5.02 Å². The second kappa shape index (κ2) is 10.1. The van der Waals surface area contributed by atoms with Gasteiger partial charge in [-0.2, -0.15) is 0 Å². The smallest absolute Gasteiger partial charge is 0.262 e. The monoisotopic (exact) mass is 472 g/mol. The average Bonchev–Trinajstić information content (AvgIpc) is 2.74. The van der Waals surface area contributed by atoms with Gasteiger partial charge in [0.1, 0.15) is 5.75 Å². The van der Waals surface area contributed by atoms with Crippen molar-refractivity contribution >= 4 is 38.9 Å². The van der Waals surface area contributed by atoms with Crippen molar-refractivity contribution in [3.05, 3.63) is 82.9 Å². The number of nitrogens with one attached hydrogen (secondary N) is 2. The molecule has 0 aliphatic heterocycles. The number of ether oxygens (including phenoxy) is 1. The fraction of sp³-hybridized carbons (Fsp3) is 0.208. The first-order valence-electron chi connectivity index (χ1n) is 10.1. The molecule has 0 saturated carbocycles. The van der Waals surface area contributed by atoms with Gasteiger partial charge in [0.2, 0.25) is 0 Å². The number of amides is 1. The van der Waals surface area contributed by atoms with E-state index >= 15 is 0 Å². The molecule has 0 spiro atoms. The van der Waals surface area contributed by atoms with Crippen LogP contribution in [0.25, 0.3) is 0 Å². The summed E-state index contributed by atoms with van der Waals surface area (Å²) in [6, 6.07) is 18.5. The zero-order valence-electron chi connectivity index (χ0n) is 18.1. The van der Waals surface area contributed by atoms with Crippen LogP contribution in [0.5, 0.6) is 5.75 Å². The lowest BCUT2D eigenvalue weighted by Gasteiger charge is -2.17. The van der Waals surface area contributed by atoms with E-state index in [1.807, 2.05) is 25.1 Å². The topological polar surface area (TPSA) is 84.5 Å². The molecule has 0 fully saturated rings. The summed E-state index contributed by atoms with van der Waals surface area (Å²) < 4.78 is 33.2. The number of rotatable bonds is 8. The summed E-state index contributed by atoms with van der Waals surface area (Å²) in [6.45, 7) is 5.79. The largest absolute Gasteiger partial charge is 0.482 e. The maximum Gasteiger partial charge on any atom is 0.262 e. The molecular formula is C24H25ClN2O4S. The Hall–Kier alpha value is -3.03. The van der Waals surface area contributed by atoms with Crippen molar-refractivity contribution < 1.29 is 17.9 Å². The lowest BCUT2D eigenvalue weighted by Crippen LogP contribution is -2.22. The predicted molar refractivity (Wildman–Crippen MR) is 128 cm³/mol. The number of benzene rings is 3. The fourth-order valence-electron chi connectivity index (χ4n) is 3.15. The molecule has 0 aliphatic rings. The summed E-state index contributed by atoms with van der Waals surface area (Å²) in [6.07, 6.45) is 0. The SMILES string of the molecule is Cc1cccc(C(C)C)c1NC(=O)COc1ccc(S(=O)(=O)Nc2ccccc2)cc1Cl. The van der Waals surface area contributed by atoms with Crippen LogP contribution in [0.15, 0.2) is 71.6 Å². The number of anilines is 2. The Kier molecular flexibility index (Phi) is 7.43. The number of halogens is 1. The van der Waals surface area contributed by atoms with E-state index in [9.17, 15) is 13.2 Å². The van der Waals surface area contributed by atoms with E-state index in [4.69, 9.17) is 16.3 Å². The van der Waals surface area contributed by atoms with Crippen molar-refractivity contribution in [1.82, 2.24) is 0 Å². The number of sulfonamides is 1. The highest BCUT2D eigenvalue weighted by Crippen LogP contribution is 2.29. The second-order valence-corrected chi connectivity index (χ2v) is 9.68. The summed E-state index contributed by atoms with van der Waals surface area (Å²) in [5, 5.41) is 2.99. The van der Waals surface area contributed by atoms with Crippen LogP contribution in [-0.4, -0.2) is 20.9 Å². The third-order valence-electron chi connectivity index (χ3n) is 4.79. The van der Waals surface area contributed by atoms with Crippen LogP contribution >= 0.6 is 11.6 Å². The first-order chi connectivity index (χ1) is 15.2. The molecule has 3 rings (SSSR count). The molecule has 0 saturated heterocycles. The Morgan fingerprint density at radius 3 is 2.41 bits per heavy atom.